The number of piperidine rings is 2. The first-order chi connectivity index (χ1) is 37.7. The Kier molecular flexibility index (Phi) is 23.9. The Morgan fingerprint density at radius 3 is 1.48 bits per heavy atom. The van der Waals surface area contributed by atoms with Crippen LogP contribution in [0, 0.1) is 23.7 Å². The number of fused-ring (bicyclic) bond motifs is 2. The third kappa shape index (κ3) is 17.7. The van der Waals surface area contributed by atoms with Crippen molar-refractivity contribution in [1.82, 2.24) is 38.7 Å². The highest BCUT2D eigenvalue weighted by atomic mass is 35.5. The van der Waals surface area contributed by atoms with E-state index in [2.05, 4.69) is 0 Å². The molecule has 80 heavy (non-hydrogen) atoms. The van der Waals surface area contributed by atoms with Gasteiger partial charge >= 0.3 is 24.1 Å². The maximum Gasteiger partial charge on any atom is 0.410 e. The van der Waals surface area contributed by atoms with Gasteiger partial charge in [0.15, 0.2) is 11.6 Å². The Morgan fingerprint density at radius 1 is 0.600 bits per heavy atom. The molecule has 2 aliphatic heterocycles. The molecule has 0 N–H and O–H groups in total. The molecule has 2 aromatic carbocycles. The summed E-state index contributed by atoms with van der Waals surface area (Å²) in [7, 11) is 5.99. The SMILES string of the molecule is COCCCCn1c(C(=O)N(CC(C)C)[C@H]2C[C@@H](C(=O)OC)CN(C(=O)OC(C)(C)C)C2)nc2c(Cl)cccc21.COCCCCn1c(C(=O)N(CC(C)C)[C@H]2C[C@@H](C(=O)OC)CN(C(=O)OC(C)(C)C)C2)nc2cccc(Cl)c21. The van der Waals surface area contributed by atoms with Gasteiger partial charge in [-0.1, -0.05) is 63.0 Å². The van der Waals surface area contributed by atoms with E-state index in [1.807, 2.05) is 61.1 Å². The minimum absolute atomic E-state index is 0.126. The molecule has 22 heteroatoms. The van der Waals surface area contributed by atoms with Gasteiger partial charge in [0, 0.05) is 79.8 Å². The zero-order valence-electron chi connectivity index (χ0n) is 49.5. The molecule has 2 saturated heterocycles. The number of likely N-dealkylation sites (tertiary alicyclic amines) is 2. The topological polar surface area (TPSA) is 206 Å². The number of amides is 4. The van der Waals surface area contributed by atoms with Crippen molar-refractivity contribution in [2.75, 3.05) is 80.9 Å². The number of methoxy groups -OCH3 is 4. The molecule has 0 aliphatic carbocycles. The summed E-state index contributed by atoms with van der Waals surface area (Å²) in [6, 6.07) is 10.1. The molecular formula is C58H86Cl2N8O12. The van der Waals surface area contributed by atoms with E-state index in [0.29, 0.717) is 78.8 Å². The van der Waals surface area contributed by atoms with Crippen LogP contribution in [0.1, 0.15) is 129 Å². The second-order valence-electron chi connectivity index (χ2n) is 23.5. The van der Waals surface area contributed by atoms with E-state index in [9.17, 15) is 28.8 Å². The predicted octanol–water partition coefficient (Wildman–Crippen LogP) is 10.0. The number of benzene rings is 2. The van der Waals surface area contributed by atoms with E-state index in [-0.39, 0.29) is 61.5 Å². The summed E-state index contributed by atoms with van der Waals surface area (Å²) in [5, 5.41) is 0.989. The zero-order valence-corrected chi connectivity index (χ0v) is 51.0. The van der Waals surface area contributed by atoms with Crippen LogP contribution in [0.4, 0.5) is 9.59 Å². The first-order valence-corrected chi connectivity index (χ1v) is 28.5. The Labute approximate surface area is 481 Å². The Hall–Kier alpha value is -5.70. The number of carbonyl (C=O) groups excluding carboxylic acids is 6. The second-order valence-corrected chi connectivity index (χ2v) is 24.3. The molecule has 0 saturated carbocycles. The number of carbonyl (C=O) groups is 6. The summed E-state index contributed by atoms with van der Waals surface area (Å²) in [5.41, 5.74) is 1.29. The molecule has 444 valence electrons. The molecular weight excluding hydrogens is 1070 g/mol. The molecule has 20 nitrogen and oxygen atoms in total. The maximum absolute atomic E-state index is 14.3. The molecule has 2 aliphatic rings. The molecule has 0 bridgehead atoms. The van der Waals surface area contributed by atoms with E-state index in [1.54, 1.807) is 77.7 Å². The lowest BCUT2D eigenvalue weighted by Gasteiger charge is -2.42. The molecule has 4 atom stereocenters. The van der Waals surface area contributed by atoms with Gasteiger partial charge in [0.05, 0.1) is 64.7 Å². The van der Waals surface area contributed by atoms with Crippen LogP contribution in [-0.2, 0) is 51.1 Å². The summed E-state index contributed by atoms with van der Waals surface area (Å²) in [4.78, 5) is 96.2. The molecule has 2 aromatic heterocycles. The van der Waals surface area contributed by atoms with Crippen LogP contribution in [0.2, 0.25) is 10.0 Å². The predicted molar refractivity (Wildman–Crippen MR) is 307 cm³/mol. The van der Waals surface area contributed by atoms with Gasteiger partial charge in [-0.05, 0) is 116 Å². The molecule has 4 heterocycles. The molecule has 0 unspecified atom stereocenters. The van der Waals surface area contributed by atoms with Crippen LogP contribution in [0.25, 0.3) is 22.1 Å². The number of nitrogens with zero attached hydrogens (tertiary/aromatic N) is 8. The van der Waals surface area contributed by atoms with Gasteiger partial charge in [-0.2, -0.15) is 0 Å². The van der Waals surface area contributed by atoms with Crippen molar-refractivity contribution in [3.05, 3.63) is 58.1 Å². The van der Waals surface area contributed by atoms with Crippen molar-refractivity contribution in [2.45, 2.75) is 144 Å². The second kappa shape index (κ2) is 29.3. The summed E-state index contributed by atoms with van der Waals surface area (Å²) in [6.45, 7) is 22.8. The monoisotopic (exact) mass is 1160 g/mol. The number of hydrogen-bond donors (Lipinski definition) is 0. The number of aryl methyl sites for hydroxylation is 2. The fourth-order valence-electron chi connectivity index (χ4n) is 10.1. The number of rotatable bonds is 20. The average Bonchev–Trinajstić information content (AvgIpc) is 3.98. The van der Waals surface area contributed by atoms with E-state index >= 15 is 0 Å². The van der Waals surface area contributed by atoms with E-state index in [1.165, 1.54) is 24.0 Å². The summed E-state index contributed by atoms with van der Waals surface area (Å²) >= 11 is 13.1. The largest absolute Gasteiger partial charge is 0.469 e. The number of ether oxygens (including phenoxy) is 6. The third-order valence-electron chi connectivity index (χ3n) is 13.5. The highest BCUT2D eigenvalue weighted by Gasteiger charge is 2.43. The quantitative estimate of drug-likeness (QED) is 0.0459. The fourth-order valence-corrected chi connectivity index (χ4v) is 10.6. The highest BCUT2D eigenvalue weighted by Crippen LogP contribution is 2.32. The lowest BCUT2D eigenvalue weighted by molar-refractivity contribution is -0.149. The molecule has 2 fully saturated rings. The maximum atomic E-state index is 14.3. The van der Waals surface area contributed by atoms with E-state index in [0.717, 1.165) is 31.2 Å². The number of aromatic nitrogens is 4. The van der Waals surface area contributed by atoms with Gasteiger partial charge in [-0.3, -0.25) is 19.2 Å². The van der Waals surface area contributed by atoms with Crippen LogP contribution in [0.15, 0.2) is 36.4 Å². The number of para-hydroxylation sites is 2. The smallest absolute Gasteiger partial charge is 0.410 e. The lowest BCUT2D eigenvalue weighted by atomic mass is 9.92. The highest BCUT2D eigenvalue weighted by molar-refractivity contribution is 6.35. The van der Waals surface area contributed by atoms with Crippen LogP contribution in [0.3, 0.4) is 0 Å². The average molecular weight is 1160 g/mol. The van der Waals surface area contributed by atoms with Crippen LogP contribution in [-0.4, -0.2) is 179 Å². The number of unbranched alkanes of at least 4 members (excludes halogenated alkanes) is 2. The first kappa shape index (κ1) is 65.1. The Balaban J connectivity index is 0.000000294. The first-order valence-electron chi connectivity index (χ1n) is 27.7. The minimum atomic E-state index is -0.703. The van der Waals surface area contributed by atoms with Gasteiger partial charge in [0.1, 0.15) is 16.7 Å². The van der Waals surface area contributed by atoms with Crippen LogP contribution >= 0.6 is 23.2 Å². The number of hydrogen-bond acceptors (Lipinski definition) is 14. The van der Waals surface area contributed by atoms with Gasteiger partial charge in [0.2, 0.25) is 0 Å². The zero-order chi connectivity index (χ0) is 59.2. The van der Waals surface area contributed by atoms with Gasteiger partial charge < -0.3 is 57.2 Å². The van der Waals surface area contributed by atoms with Crippen molar-refractivity contribution in [1.29, 1.82) is 0 Å². The molecule has 0 spiro atoms. The Morgan fingerprint density at radius 2 is 1.04 bits per heavy atom. The van der Waals surface area contributed by atoms with Crippen LogP contribution in [0.5, 0.6) is 0 Å². The lowest BCUT2D eigenvalue weighted by Crippen LogP contribution is -2.57. The van der Waals surface area contributed by atoms with Gasteiger partial charge in [-0.25, -0.2) is 19.6 Å². The third-order valence-corrected chi connectivity index (χ3v) is 14.2. The van der Waals surface area contributed by atoms with Crippen molar-refractivity contribution < 1.29 is 57.2 Å². The summed E-state index contributed by atoms with van der Waals surface area (Å²) in [6.07, 6.45) is 2.87. The van der Waals surface area contributed by atoms with Crippen LogP contribution < -0.4 is 0 Å². The van der Waals surface area contributed by atoms with Crippen molar-refractivity contribution in [3.8, 4) is 0 Å². The van der Waals surface area contributed by atoms with Gasteiger partial charge in [-0.15, -0.1) is 0 Å². The number of halogens is 2. The normalized spacial score (nSPS) is 17.8. The summed E-state index contributed by atoms with van der Waals surface area (Å²) in [5.74, 6) is -1.77. The molecule has 0 radical (unpaired) electrons. The summed E-state index contributed by atoms with van der Waals surface area (Å²) < 4.78 is 35.5. The minimum Gasteiger partial charge on any atom is -0.469 e. The van der Waals surface area contributed by atoms with Crippen molar-refractivity contribution >= 4 is 81.2 Å². The Bertz CT molecular complexity index is 2660. The standard InChI is InChI=1S/2C29H43ClN4O6/c1-19(2)16-34(21-15-20(27(36)39-7)17-32(18-21)28(37)40-29(3,4)5)26(35)25-31-24-22(30)11-10-12-23(24)33(25)13-8-9-14-38-6;1-19(2)16-34(21-15-20(27(36)39-7)17-32(18-21)28(37)40-29(3,4)5)26(35)25-31-23-12-10-11-22(30)24(23)33(25)13-8-9-14-38-6/h2*10-12,19-21H,8-9,13-18H2,1-7H3/t2*20-,21+/m11/s1. The number of esters is 2. The molecule has 4 aromatic rings. The van der Waals surface area contributed by atoms with E-state index < -0.39 is 59.2 Å². The van der Waals surface area contributed by atoms with Gasteiger partial charge in [0.25, 0.3) is 11.8 Å². The van der Waals surface area contributed by atoms with Crippen molar-refractivity contribution in [3.63, 3.8) is 0 Å². The fraction of sp³-hybridized carbons (Fsp3) is 0.655. The number of imidazole rings is 2. The van der Waals surface area contributed by atoms with E-state index in [4.69, 9.17) is 61.6 Å². The molecule has 4 amide bonds. The molecule has 6 rings (SSSR count). The van der Waals surface area contributed by atoms with Crippen molar-refractivity contribution in [2.24, 2.45) is 23.7 Å².